The third-order valence-corrected chi connectivity index (χ3v) is 3.63. The molecule has 94 valence electrons. The fourth-order valence-electron chi connectivity index (χ4n) is 1.97. The van der Waals surface area contributed by atoms with Gasteiger partial charge in [-0.05, 0) is 62.8 Å². The van der Waals surface area contributed by atoms with E-state index in [0.29, 0.717) is 5.69 Å². The summed E-state index contributed by atoms with van der Waals surface area (Å²) < 4.78 is 0. The highest BCUT2D eigenvalue weighted by Crippen LogP contribution is 2.34. The minimum Gasteiger partial charge on any atom is -0.505 e. The van der Waals surface area contributed by atoms with E-state index in [9.17, 15) is 5.11 Å². The molecule has 0 aliphatic carbocycles. The van der Waals surface area contributed by atoms with E-state index in [1.165, 1.54) is 5.56 Å². The van der Waals surface area contributed by atoms with Gasteiger partial charge >= 0.3 is 0 Å². The fourth-order valence-corrected chi connectivity index (χ4v) is 1.97. The van der Waals surface area contributed by atoms with Crippen LogP contribution in [-0.2, 0) is 6.42 Å². The summed E-state index contributed by atoms with van der Waals surface area (Å²) in [5.41, 5.74) is 11.8. The number of nitrogen functional groups attached to an aromatic ring is 1. The Kier molecular flexibility index (Phi) is 4.16. The number of nitrogens with zero attached hydrogens (tertiary/aromatic N) is 1. The van der Waals surface area contributed by atoms with Crippen LogP contribution in [0, 0.1) is 20.8 Å². The first-order valence-electron chi connectivity index (χ1n) is 5.89. The second-order valence-corrected chi connectivity index (χ2v) is 4.57. The van der Waals surface area contributed by atoms with Crippen molar-refractivity contribution in [1.29, 1.82) is 0 Å². The molecule has 3 heteroatoms. The first kappa shape index (κ1) is 13.6. The Labute approximate surface area is 103 Å². The summed E-state index contributed by atoms with van der Waals surface area (Å²) in [7, 11) is 1.80. The van der Waals surface area contributed by atoms with Gasteiger partial charge in [-0.15, -0.1) is 0 Å². The lowest BCUT2D eigenvalue weighted by Crippen LogP contribution is -2.05. The molecule has 0 aromatic heterocycles. The number of hydrogen-bond acceptors (Lipinski definition) is 3. The number of benzene rings is 1. The third-order valence-electron chi connectivity index (χ3n) is 3.63. The Balaban J connectivity index is 3.16. The van der Waals surface area contributed by atoms with Gasteiger partial charge in [0.25, 0.3) is 0 Å². The zero-order valence-corrected chi connectivity index (χ0v) is 11.4. The zero-order chi connectivity index (χ0) is 13.2. The van der Waals surface area contributed by atoms with Crippen LogP contribution in [0.2, 0.25) is 0 Å². The number of hydrogen-bond donors (Lipinski definition) is 2. The van der Waals surface area contributed by atoms with Crippen molar-refractivity contribution in [2.45, 2.75) is 40.5 Å². The van der Waals surface area contributed by atoms with Crippen LogP contribution < -0.4 is 5.73 Å². The molecule has 1 aromatic carbocycles. The van der Waals surface area contributed by atoms with Crippen LogP contribution in [0.25, 0.3) is 0 Å². The summed E-state index contributed by atoms with van der Waals surface area (Å²) in [5, 5.41) is 9.96. The molecule has 3 nitrogen and oxygen atoms in total. The highest BCUT2D eigenvalue weighted by Gasteiger charge is 2.14. The lowest BCUT2D eigenvalue weighted by atomic mass is 9.92. The first-order chi connectivity index (χ1) is 7.90. The van der Waals surface area contributed by atoms with E-state index >= 15 is 0 Å². The van der Waals surface area contributed by atoms with Gasteiger partial charge in [0.15, 0.2) is 0 Å². The number of nitrogens with two attached hydrogens (primary N) is 1. The zero-order valence-electron chi connectivity index (χ0n) is 11.4. The summed E-state index contributed by atoms with van der Waals surface area (Å²) in [4.78, 5) is 4.14. The van der Waals surface area contributed by atoms with Gasteiger partial charge < -0.3 is 10.8 Å². The lowest BCUT2D eigenvalue weighted by molar-refractivity contribution is 0.472. The van der Waals surface area contributed by atoms with Gasteiger partial charge in [-0.25, -0.2) is 0 Å². The van der Waals surface area contributed by atoms with Gasteiger partial charge in [0.05, 0.1) is 5.69 Å². The van der Waals surface area contributed by atoms with Gasteiger partial charge in [-0.3, -0.25) is 4.99 Å². The summed E-state index contributed by atoms with van der Waals surface area (Å²) in [6.07, 6.45) is 1.71. The van der Waals surface area contributed by atoms with Gasteiger partial charge in [0.1, 0.15) is 5.75 Å². The van der Waals surface area contributed by atoms with Crippen molar-refractivity contribution in [3.05, 3.63) is 22.3 Å². The van der Waals surface area contributed by atoms with Gasteiger partial charge in [-0.1, -0.05) is 0 Å². The summed E-state index contributed by atoms with van der Waals surface area (Å²) >= 11 is 0. The van der Waals surface area contributed by atoms with E-state index in [1.807, 2.05) is 20.8 Å². The minimum absolute atomic E-state index is 0.231. The van der Waals surface area contributed by atoms with Crippen LogP contribution in [0.1, 0.15) is 35.6 Å². The van der Waals surface area contributed by atoms with Crippen LogP contribution in [0.3, 0.4) is 0 Å². The van der Waals surface area contributed by atoms with E-state index in [4.69, 9.17) is 5.73 Å². The summed E-state index contributed by atoms with van der Waals surface area (Å²) in [6.45, 7) is 7.99. The average Bonchev–Trinajstić information content (AvgIpc) is 2.33. The molecule has 0 aliphatic rings. The Hall–Kier alpha value is -1.51. The quantitative estimate of drug-likeness (QED) is 0.480. The van der Waals surface area contributed by atoms with Crippen LogP contribution in [0.4, 0.5) is 5.69 Å². The number of aromatic hydroxyl groups is 1. The molecule has 0 radical (unpaired) electrons. The Morgan fingerprint density at radius 2 is 1.76 bits per heavy atom. The van der Waals surface area contributed by atoms with E-state index in [-0.39, 0.29) is 5.75 Å². The Morgan fingerprint density at radius 3 is 2.29 bits per heavy atom. The molecular weight excluding hydrogens is 212 g/mol. The second-order valence-electron chi connectivity index (χ2n) is 4.57. The highest BCUT2D eigenvalue weighted by molar-refractivity contribution is 5.82. The first-order valence-corrected chi connectivity index (χ1v) is 5.89. The smallest absolute Gasteiger partial charge is 0.141 e. The van der Waals surface area contributed by atoms with Crippen molar-refractivity contribution in [3.63, 3.8) is 0 Å². The molecule has 3 N–H and O–H groups in total. The van der Waals surface area contributed by atoms with Crippen LogP contribution in [0.15, 0.2) is 4.99 Å². The molecule has 0 heterocycles. The number of phenolic OH excluding ortho intramolecular Hbond substituents is 1. The molecule has 0 saturated carbocycles. The lowest BCUT2D eigenvalue weighted by Gasteiger charge is -2.16. The summed E-state index contributed by atoms with van der Waals surface area (Å²) in [5.74, 6) is 0.231. The largest absolute Gasteiger partial charge is 0.505 e. The minimum atomic E-state index is 0.231. The van der Waals surface area contributed by atoms with Crippen molar-refractivity contribution in [2.24, 2.45) is 4.99 Å². The molecule has 0 amide bonds. The molecule has 0 spiro atoms. The normalized spacial score (nSPS) is 11.9. The molecule has 0 aliphatic heterocycles. The predicted molar refractivity (Wildman–Crippen MR) is 74.1 cm³/mol. The number of aliphatic imine (C=N–C) groups is 1. The van der Waals surface area contributed by atoms with Crippen molar-refractivity contribution in [2.75, 3.05) is 12.8 Å². The highest BCUT2D eigenvalue weighted by atomic mass is 16.3. The molecular formula is C14H22N2O. The molecule has 17 heavy (non-hydrogen) atoms. The monoisotopic (exact) mass is 234 g/mol. The SMILES string of the molecule is CN=C(C)CCc1c(C)c(C)c(C)c(O)c1N. The molecule has 0 bridgehead atoms. The van der Waals surface area contributed by atoms with Crippen LogP contribution in [-0.4, -0.2) is 17.9 Å². The molecule has 0 fully saturated rings. The average molecular weight is 234 g/mol. The van der Waals surface area contributed by atoms with Gasteiger partial charge in [-0.2, -0.15) is 0 Å². The summed E-state index contributed by atoms with van der Waals surface area (Å²) in [6, 6.07) is 0. The number of rotatable bonds is 3. The maximum Gasteiger partial charge on any atom is 0.141 e. The van der Waals surface area contributed by atoms with Crippen molar-refractivity contribution in [3.8, 4) is 5.75 Å². The second kappa shape index (κ2) is 5.21. The van der Waals surface area contributed by atoms with Crippen LogP contribution >= 0.6 is 0 Å². The Bertz CT molecular complexity index is 433. The van der Waals surface area contributed by atoms with Gasteiger partial charge in [0, 0.05) is 12.8 Å². The predicted octanol–water partition coefficient (Wildman–Crippen LogP) is 2.92. The van der Waals surface area contributed by atoms with Crippen LogP contribution in [0.5, 0.6) is 5.75 Å². The maximum atomic E-state index is 9.96. The molecule has 0 unspecified atom stereocenters. The van der Waals surface area contributed by atoms with Crippen molar-refractivity contribution < 1.29 is 5.11 Å². The molecule has 0 saturated heterocycles. The van der Waals surface area contributed by atoms with E-state index < -0.39 is 0 Å². The molecule has 0 atom stereocenters. The number of phenols is 1. The molecule has 1 aromatic rings. The van der Waals surface area contributed by atoms with Crippen molar-refractivity contribution in [1.82, 2.24) is 0 Å². The van der Waals surface area contributed by atoms with E-state index in [2.05, 4.69) is 11.9 Å². The molecule has 1 rings (SSSR count). The number of anilines is 1. The van der Waals surface area contributed by atoms with E-state index in [1.54, 1.807) is 7.05 Å². The van der Waals surface area contributed by atoms with E-state index in [0.717, 1.165) is 35.2 Å². The van der Waals surface area contributed by atoms with Crippen molar-refractivity contribution >= 4 is 11.4 Å². The third kappa shape index (κ3) is 2.60. The Morgan fingerprint density at radius 1 is 1.18 bits per heavy atom. The standard InChI is InChI=1S/C14H22N2O/c1-8(16-5)6-7-12-10(3)9(2)11(4)14(17)13(12)15/h17H,6-7,15H2,1-5H3. The fraction of sp³-hybridized carbons (Fsp3) is 0.500. The topological polar surface area (TPSA) is 58.6 Å². The maximum absolute atomic E-state index is 9.96. The van der Waals surface area contributed by atoms with Gasteiger partial charge in [0.2, 0.25) is 0 Å².